The Labute approximate surface area is 205 Å². The van der Waals surface area contributed by atoms with E-state index < -0.39 is 11.4 Å². The summed E-state index contributed by atoms with van der Waals surface area (Å²) in [5.41, 5.74) is 2.76. The largest absolute Gasteiger partial charge is 0.508 e. The molecular weight excluding hydrogens is 420 g/mol. The van der Waals surface area contributed by atoms with Crippen LogP contribution in [0.15, 0.2) is 30.3 Å². The third-order valence-electron chi connectivity index (χ3n) is 12.1. The Morgan fingerprint density at radius 3 is 2.29 bits per heavy atom. The first kappa shape index (κ1) is 22.7. The number of carbonyl (C=O) groups is 1. The van der Waals surface area contributed by atoms with Crippen molar-refractivity contribution in [2.24, 2.45) is 51.8 Å². The van der Waals surface area contributed by atoms with Gasteiger partial charge in [0, 0.05) is 0 Å². The van der Waals surface area contributed by atoms with Crippen molar-refractivity contribution in [1.29, 1.82) is 0 Å². The lowest BCUT2D eigenvalue weighted by Gasteiger charge is -2.64. The average Bonchev–Trinajstić information content (AvgIpc) is 3.25. The summed E-state index contributed by atoms with van der Waals surface area (Å²) < 4.78 is 0. The molecule has 3 heteroatoms. The number of aromatic hydroxyl groups is 1. The molecule has 0 bridgehead atoms. The van der Waals surface area contributed by atoms with Crippen molar-refractivity contribution in [1.82, 2.24) is 0 Å². The Balaban J connectivity index is 1.30. The fraction of sp³-hybridized carbons (Fsp3) is 0.710. The predicted octanol–water partition coefficient (Wildman–Crippen LogP) is 7.55. The van der Waals surface area contributed by atoms with Crippen LogP contribution in [0.25, 0.3) is 5.57 Å². The first-order valence-corrected chi connectivity index (χ1v) is 13.9. The summed E-state index contributed by atoms with van der Waals surface area (Å²) in [5.74, 6) is 3.88. The molecule has 0 amide bonds. The molecule has 5 aliphatic rings. The van der Waals surface area contributed by atoms with Crippen LogP contribution in [-0.4, -0.2) is 16.2 Å². The minimum Gasteiger partial charge on any atom is -0.508 e. The number of rotatable bonds is 2. The van der Waals surface area contributed by atoms with E-state index in [-0.39, 0.29) is 5.41 Å². The van der Waals surface area contributed by atoms with E-state index in [0.29, 0.717) is 28.9 Å². The zero-order valence-electron chi connectivity index (χ0n) is 21.2. The number of phenolic OH excluding ortho intramolecular Hbond substituents is 1. The highest BCUT2D eigenvalue weighted by Crippen LogP contribution is 2.69. The van der Waals surface area contributed by atoms with Gasteiger partial charge in [0.2, 0.25) is 0 Å². The first-order chi connectivity index (χ1) is 16.2. The zero-order chi connectivity index (χ0) is 23.9. The van der Waals surface area contributed by atoms with E-state index in [1.54, 1.807) is 0 Å². The van der Waals surface area contributed by atoms with Gasteiger partial charge in [-0.05, 0) is 127 Å². The van der Waals surface area contributed by atoms with Crippen molar-refractivity contribution >= 4 is 11.5 Å². The van der Waals surface area contributed by atoms with Gasteiger partial charge in [-0.25, -0.2) is 0 Å². The lowest BCUT2D eigenvalue weighted by atomic mass is 9.40. The summed E-state index contributed by atoms with van der Waals surface area (Å²) in [6.45, 7) is 7.51. The molecule has 0 radical (unpaired) electrons. The molecule has 0 spiro atoms. The van der Waals surface area contributed by atoms with Gasteiger partial charge in [0.25, 0.3) is 0 Å². The highest BCUT2D eigenvalue weighted by molar-refractivity contribution is 5.76. The number of allylic oxidation sites excluding steroid dienone is 2. The van der Waals surface area contributed by atoms with Gasteiger partial charge in [-0.15, -0.1) is 0 Å². The van der Waals surface area contributed by atoms with Gasteiger partial charge < -0.3 is 10.2 Å². The maximum Gasteiger partial charge on any atom is 0.309 e. The third-order valence-corrected chi connectivity index (χ3v) is 12.1. The molecule has 5 aliphatic carbocycles. The van der Waals surface area contributed by atoms with E-state index in [0.717, 1.165) is 56.3 Å². The SMILES string of the molecule is CC1(C)C(c2ccc(O)cc2)=CC[C@]2(C)C3CCC4C(CC[C@@]5(C(=O)O)CCCC45)C3CCC12. The molecule has 4 saturated carbocycles. The zero-order valence-corrected chi connectivity index (χ0v) is 21.2. The molecule has 184 valence electrons. The third kappa shape index (κ3) is 2.97. The Bertz CT molecular complexity index is 1010. The molecule has 0 heterocycles. The Kier molecular flexibility index (Phi) is 5.08. The molecule has 0 saturated heterocycles. The molecule has 8 atom stereocenters. The van der Waals surface area contributed by atoms with Crippen LogP contribution in [-0.2, 0) is 4.79 Å². The lowest BCUT2D eigenvalue weighted by molar-refractivity contribution is -0.166. The van der Waals surface area contributed by atoms with Crippen LogP contribution in [0.2, 0.25) is 0 Å². The van der Waals surface area contributed by atoms with Crippen molar-refractivity contribution in [2.75, 3.05) is 0 Å². The lowest BCUT2D eigenvalue weighted by Crippen LogP contribution is -2.57. The summed E-state index contributed by atoms with van der Waals surface area (Å²) in [6, 6.07) is 7.81. The summed E-state index contributed by atoms with van der Waals surface area (Å²) in [4.78, 5) is 12.4. The summed E-state index contributed by atoms with van der Waals surface area (Å²) >= 11 is 0. The number of carboxylic acid groups (broad SMARTS) is 1. The van der Waals surface area contributed by atoms with Crippen molar-refractivity contribution in [3.63, 3.8) is 0 Å². The second-order valence-corrected chi connectivity index (χ2v) is 13.4. The van der Waals surface area contributed by atoms with Gasteiger partial charge in [0.1, 0.15) is 5.75 Å². The van der Waals surface area contributed by atoms with Crippen LogP contribution in [0, 0.1) is 51.8 Å². The molecule has 2 N–H and O–H groups in total. The Hall–Kier alpha value is -1.77. The van der Waals surface area contributed by atoms with E-state index >= 15 is 0 Å². The fourth-order valence-electron chi connectivity index (χ4n) is 10.7. The molecule has 3 nitrogen and oxygen atoms in total. The molecule has 1 aromatic carbocycles. The molecule has 0 aliphatic heterocycles. The number of fused-ring (bicyclic) bond motifs is 7. The van der Waals surface area contributed by atoms with Crippen molar-refractivity contribution in [3.05, 3.63) is 35.9 Å². The van der Waals surface area contributed by atoms with Crippen LogP contribution in [0.1, 0.15) is 90.5 Å². The van der Waals surface area contributed by atoms with Crippen molar-refractivity contribution < 1.29 is 15.0 Å². The second kappa shape index (κ2) is 7.61. The van der Waals surface area contributed by atoms with Gasteiger partial charge in [0.15, 0.2) is 0 Å². The Morgan fingerprint density at radius 1 is 0.853 bits per heavy atom. The second-order valence-electron chi connectivity index (χ2n) is 13.4. The van der Waals surface area contributed by atoms with Gasteiger partial charge in [0.05, 0.1) is 5.41 Å². The topological polar surface area (TPSA) is 57.5 Å². The number of aliphatic carboxylic acids is 1. The molecule has 6 rings (SSSR count). The molecule has 6 unspecified atom stereocenters. The fourth-order valence-corrected chi connectivity index (χ4v) is 10.7. The number of benzene rings is 1. The van der Waals surface area contributed by atoms with E-state index in [4.69, 9.17) is 0 Å². The normalized spacial score (nSPS) is 44.7. The van der Waals surface area contributed by atoms with E-state index in [1.807, 2.05) is 12.1 Å². The maximum atomic E-state index is 12.4. The molecule has 0 aromatic heterocycles. The number of hydrogen-bond donors (Lipinski definition) is 2. The molecule has 34 heavy (non-hydrogen) atoms. The number of phenols is 1. The minimum absolute atomic E-state index is 0.113. The van der Waals surface area contributed by atoms with Crippen LogP contribution in [0.5, 0.6) is 5.75 Å². The molecule has 4 fully saturated rings. The smallest absolute Gasteiger partial charge is 0.309 e. The van der Waals surface area contributed by atoms with Crippen molar-refractivity contribution in [3.8, 4) is 5.75 Å². The summed E-state index contributed by atoms with van der Waals surface area (Å²) in [7, 11) is 0. The van der Waals surface area contributed by atoms with Gasteiger partial charge in [-0.3, -0.25) is 4.79 Å². The molecular formula is C31H42O3. The highest BCUT2D eigenvalue weighted by atomic mass is 16.4. The van der Waals surface area contributed by atoms with Gasteiger partial charge in [-0.2, -0.15) is 0 Å². The van der Waals surface area contributed by atoms with E-state index in [2.05, 4.69) is 39.0 Å². The van der Waals surface area contributed by atoms with E-state index in [9.17, 15) is 15.0 Å². The quantitative estimate of drug-likeness (QED) is 0.477. The Morgan fingerprint density at radius 2 is 1.56 bits per heavy atom. The van der Waals surface area contributed by atoms with Crippen molar-refractivity contribution in [2.45, 2.75) is 85.0 Å². The van der Waals surface area contributed by atoms with E-state index in [1.165, 1.54) is 36.8 Å². The number of hydrogen-bond acceptors (Lipinski definition) is 2. The molecule has 1 aromatic rings. The monoisotopic (exact) mass is 462 g/mol. The number of carboxylic acids is 1. The van der Waals surface area contributed by atoms with Gasteiger partial charge >= 0.3 is 5.97 Å². The summed E-state index contributed by atoms with van der Waals surface area (Å²) in [5, 5.41) is 20.0. The predicted molar refractivity (Wildman–Crippen MR) is 135 cm³/mol. The summed E-state index contributed by atoms with van der Waals surface area (Å²) in [6.07, 6.45) is 14.1. The average molecular weight is 463 g/mol. The van der Waals surface area contributed by atoms with Gasteiger partial charge in [-0.1, -0.05) is 45.4 Å². The highest BCUT2D eigenvalue weighted by Gasteiger charge is 2.63. The minimum atomic E-state index is -0.493. The first-order valence-electron chi connectivity index (χ1n) is 13.9. The van der Waals surface area contributed by atoms with Crippen LogP contribution in [0.3, 0.4) is 0 Å². The standard InChI is InChI=1S/C31H42O3/c1-29(2)24(19-6-8-20(32)9-7-19)15-17-30(3)25-12-10-23-21(22(25)11-13-27(29)30)14-18-31(28(33)34)16-4-5-26(23)31/h6-9,15,21-23,25-27,32H,4-5,10-14,16-18H2,1-3H3,(H,33,34)/t21?,22?,23?,25?,26?,27?,30-,31+/m1/s1. The van der Waals surface area contributed by atoms with Crippen LogP contribution in [0.4, 0.5) is 0 Å². The maximum absolute atomic E-state index is 12.4. The van der Waals surface area contributed by atoms with Crippen LogP contribution < -0.4 is 0 Å². The van der Waals surface area contributed by atoms with Crippen LogP contribution >= 0.6 is 0 Å².